The van der Waals surface area contributed by atoms with Gasteiger partial charge in [0.05, 0.1) is 6.26 Å². The minimum absolute atomic E-state index is 0.149. The summed E-state index contributed by atoms with van der Waals surface area (Å²) >= 11 is 3.41. The third kappa shape index (κ3) is 5.22. The van der Waals surface area contributed by atoms with Crippen molar-refractivity contribution >= 4 is 27.7 Å². The Bertz CT molecular complexity index is 641. The van der Waals surface area contributed by atoms with Gasteiger partial charge in [-0.05, 0) is 24.3 Å². The van der Waals surface area contributed by atoms with Gasteiger partial charge in [-0.25, -0.2) is 0 Å². The maximum atomic E-state index is 11.8. The Labute approximate surface area is 142 Å². The topological polar surface area (TPSA) is 88.0 Å². The number of nitrogens with two attached hydrogens (primary N) is 1. The van der Waals surface area contributed by atoms with Gasteiger partial charge in [0.25, 0.3) is 5.91 Å². The van der Waals surface area contributed by atoms with E-state index in [2.05, 4.69) is 33.7 Å². The zero-order valence-electron chi connectivity index (χ0n) is 12.7. The van der Waals surface area contributed by atoms with E-state index < -0.39 is 5.91 Å². The van der Waals surface area contributed by atoms with Gasteiger partial charge in [0.1, 0.15) is 6.04 Å². The number of hydrogen-bond acceptors (Lipinski definition) is 3. The molecule has 0 bridgehead atoms. The Morgan fingerprint density at radius 3 is 2.57 bits per heavy atom. The number of halogens is 1. The highest BCUT2D eigenvalue weighted by Crippen LogP contribution is 2.16. The number of rotatable bonds is 6. The molecule has 1 atom stereocenters. The van der Waals surface area contributed by atoms with E-state index in [1.165, 1.54) is 12.3 Å². The minimum Gasteiger partial charge on any atom is -0.459 e. The van der Waals surface area contributed by atoms with Gasteiger partial charge in [0.2, 0.25) is 0 Å². The van der Waals surface area contributed by atoms with E-state index in [0.717, 1.165) is 16.5 Å². The van der Waals surface area contributed by atoms with Crippen LogP contribution in [0.4, 0.5) is 0 Å². The van der Waals surface area contributed by atoms with Crippen LogP contribution in [0.2, 0.25) is 0 Å². The summed E-state index contributed by atoms with van der Waals surface area (Å²) in [4.78, 5) is 23.5. The fraction of sp³-hybridized carbons (Fsp3) is 0.250. The molecule has 1 aromatic carbocycles. The fourth-order valence-electron chi connectivity index (χ4n) is 2.14. The first-order valence-electron chi connectivity index (χ1n) is 7.31. The second kappa shape index (κ2) is 8.50. The zero-order valence-corrected chi connectivity index (χ0v) is 14.3. The third-order valence-corrected chi connectivity index (χ3v) is 3.91. The molecule has 0 saturated carbocycles. The molecule has 0 aliphatic heterocycles. The summed E-state index contributed by atoms with van der Waals surface area (Å²) in [6.45, 7) is 2.28. The molecule has 0 radical (unpaired) electrons. The maximum Gasteiger partial charge on any atom is 0.305 e. The van der Waals surface area contributed by atoms with E-state index >= 15 is 0 Å². The van der Waals surface area contributed by atoms with Crippen LogP contribution in [0.3, 0.4) is 0 Å². The molecule has 4 N–H and O–H groups in total. The van der Waals surface area contributed by atoms with Crippen LogP contribution in [0.1, 0.15) is 35.5 Å². The quantitative estimate of drug-likeness (QED) is 0.663. The summed E-state index contributed by atoms with van der Waals surface area (Å²) in [7, 11) is 0. The normalized spacial score (nSPS) is 11.7. The van der Waals surface area contributed by atoms with Gasteiger partial charge in [-0.1, -0.05) is 35.0 Å². The van der Waals surface area contributed by atoms with E-state index in [-0.39, 0.29) is 24.3 Å². The average molecular weight is 381 g/mol. The van der Waals surface area contributed by atoms with Gasteiger partial charge in [-0.15, -0.1) is 0 Å². The average Bonchev–Trinajstić information content (AvgIpc) is 3.09. The van der Waals surface area contributed by atoms with Crippen molar-refractivity contribution in [2.24, 2.45) is 0 Å². The summed E-state index contributed by atoms with van der Waals surface area (Å²) in [5, 5.41) is 1.94. The first-order valence-corrected chi connectivity index (χ1v) is 8.11. The van der Waals surface area contributed by atoms with Crippen LogP contribution in [0.25, 0.3) is 0 Å². The molecular weight excluding hydrogens is 362 g/mol. The monoisotopic (exact) mass is 380 g/mol. The third-order valence-electron chi connectivity index (χ3n) is 3.39. The van der Waals surface area contributed by atoms with Crippen molar-refractivity contribution in [3.05, 3.63) is 58.5 Å². The SMILES string of the molecule is CC[C@H]([NH2+]CC(=O)NNC(=O)c1ccco1)c1ccc(Br)cc1. The number of furan rings is 1. The highest BCUT2D eigenvalue weighted by molar-refractivity contribution is 9.10. The molecule has 0 spiro atoms. The first-order chi connectivity index (χ1) is 11.1. The highest BCUT2D eigenvalue weighted by atomic mass is 79.9. The minimum atomic E-state index is -0.483. The van der Waals surface area contributed by atoms with Crippen molar-refractivity contribution in [3.63, 3.8) is 0 Å². The number of nitrogens with one attached hydrogen (secondary N) is 2. The van der Waals surface area contributed by atoms with Crippen LogP contribution in [-0.2, 0) is 4.79 Å². The van der Waals surface area contributed by atoms with Gasteiger partial charge >= 0.3 is 5.91 Å². The molecule has 122 valence electrons. The van der Waals surface area contributed by atoms with Gasteiger partial charge in [0.15, 0.2) is 12.3 Å². The molecule has 2 rings (SSSR count). The van der Waals surface area contributed by atoms with Crippen LogP contribution in [0.5, 0.6) is 0 Å². The summed E-state index contributed by atoms with van der Waals surface area (Å²) in [5.74, 6) is -0.612. The van der Waals surface area contributed by atoms with Crippen LogP contribution < -0.4 is 16.2 Å². The van der Waals surface area contributed by atoms with Crippen molar-refractivity contribution in [2.45, 2.75) is 19.4 Å². The smallest absolute Gasteiger partial charge is 0.305 e. The van der Waals surface area contributed by atoms with E-state index in [1.54, 1.807) is 6.07 Å². The Morgan fingerprint density at radius 2 is 1.96 bits per heavy atom. The van der Waals surface area contributed by atoms with E-state index in [0.29, 0.717) is 0 Å². The predicted molar refractivity (Wildman–Crippen MR) is 88.3 cm³/mol. The number of carbonyl (C=O) groups is 2. The number of hydrogen-bond donors (Lipinski definition) is 3. The molecule has 0 aliphatic rings. The Kier molecular flexibility index (Phi) is 6.37. The number of benzene rings is 1. The molecule has 6 nitrogen and oxygen atoms in total. The van der Waals surface area contributed by atoms with Crippen molar-refractivity contribution in [1.82, 2.24) is 10.9 Å². The Balaban J connectivity index is 1.78. The van der Waals surface area contributed by atoms with Crippen molar-refractivity contribution < 1.29 is 19.3 Å². The van der Waals surface area contributed by atoms with Gasteiger partial charge in [-0.2, -0.15) is 0 Å². The van der Waals surface area contributed by atoms with Crippen LogP contribution in [0.15, 0.2) is 51.6 Å². The number of hydrazine groups is 1. The lowest BCUT2D eigenvalue weighted by molar-refractivity contribution is -0.686. The van der Waals surface area contributed by atoms with E-state index in [9.17, 15) is 9.59 Å². The van der Waals surface area contributed by atoms with Crippen molar-refractivity contribution in [1.29, 1.82) is 0 Å². The van der Waals surface area contributed by atoms with Crippen molar-refractivity contribution in [2.75, 3.05) is 6.54 Å². The van der Waals surface area contributed by atoms with Crippen molar-refractivity contribution in [3.8, 4) is 0 Å². The number of carbonyl (C=O) groups excluding carboxylic acids is 2. The van der Waals surface area contributed by atoms with Gasteiger partial charge in [-0.3, -0.25) is 20.4 Å². The van der Waals surface area contributed by atoms with Crippen LogP contribution in [0, 0.1) is 0 Å². The summed E-state index contributed by atoms with van der Waals surface area (Å²) in [6.07, 6.45) is 2.29. The molecule has 1 heterocycles. The second-order valence-corrected chi connectivity index (χ2v) is 5.90. The lowest BCUT2D eigenvalue weighted by Gasteiger charge is -2.14. The largest absolute Gasteiger partial charge is 0.459 e. The molecule has 1 aromatic heterocycles. The summed E-state index contributed by atoms with van der Waals surface area (Å²) in [5.41, 5.74) is 5.84. The summed E-state index contributed by atoms with van der Waals surface area (Å²) in [6, 6.07) is 11.3. The predicted octanol–water partition coefficient (Wildman–Crippen LogP) is 1.52. The molecule has 2 aromatic rings. The molecular formula is C16H19BrN3O3+. The van der Waals surface area contributed by atoms with Crippen LogP contribution >= 0.6 is 15.9 Å². The van der Waals surface area contributed by atoms with E-state index in [4.69, 9.17) is 4.42 Å². The Morgan fingerprint density at radius 1 is 1.22 bits per heavy atom. The van der Waals surface area contributed by atoms with Gasteiger partial charge < -0.3 is 9.73 Å². The summed E-state index contributed by atoms with van der Waals surface area (Å²) < 4.78 is 5.96. The number of amides is 2. The lowest BCUT2D eigenvalue weighted by atomic mass is 10.0. The molecule has 23 heavy (non-hydrogen) atoms. The molecule has 0 aliphatic carbocycles. The standard InChI is InChI=1S/C16H18BrN3O3/c1-2-13(11-5-7-12(17)8-6-11)18-10-15(21)19-20-16(22)14-4-3-9-23-14/h3-9,13,18H,2,10H2,1H3,(H,19,21)(H,20,22)/p+1/t13-/m0/s1. The molecule has 0 fully saturated rings. The highest BCUT2D eigenvalue weighted by Gasteiger charge is 2.15. The first kappa shape index (κ1) is 17.2. The Hall–Kier alpha value is -2.12. The molecule has 0 unspecified atom stereocenters. The molecule has 7 heteroatoms. The van der Waals surface area contributed by atoms with E-state index in [1.807, 2.05) is 29.6 Å². The van der Waals surface area contributed by atoms with Crippen LogP contribution in [-0.4, -0.2) is 18.4 Å². The molecule has 2 amide bonds. The maximum absolute atomic E-state index is 11.8. The number of quaternary nitrogens is 1. The zero-order chi connectivity index (χ0) is 16.7. The van der Waals surface area contributed by atoms with Gasteiger partial charge in [0, 0.05) is 16.5 Å². The fourth-order valence-corrected chi connectivity index (χ4v) is 2.41. The molecule has 0 saturated heterocycles. The second-order valence-electron chi connectivity index (χ2n) is 4.99. The lowest BCUT2D eigenvalue weighted by Crippen LogP contribution is -2.87.